The number of esters is 1. The molecule has 1 fully saturated rings. The standard InChI is InChI=1S/C12H14O5/c13-6-11(14)17-10-7-15-12(16-8-10)9-4-2-1-3-5-9/h1-5,10,12-13H,6-8H2. The number of rotatable bonds is 3. The fraction of sp³-hybridized carbons (Fsp3) is 0.417. The van der Waals surface area contributed by atoms with Crippen molar-refractivity contribution in [2.45, 2.75) is 12.4 Å². The van der Waals surface area contributed by atoms with Gasteiger partial charge in [0.05, 0.1) is 13.2 Å². The van der Waals surface area contributed by atoms with Crippen LogP contribution >= 0.6 is 0 Å². The zero-order valence-electron chi connectivity index (χ0n) is 9.24. The predicted molar refractivity (Wildman–Crippen MR) is 58.1 cm³/mol. The van der Waals surface area contributed by atoms with Crippen molar-refractivity contribution in [3.05, 3.63) is 35.9 Å². The third-order valence-electron chi connectivity index (χ3n) is 2.37. The van der Waals surface area contributed by atoms with Crippen LogP contribution in [0.15, 0.2) is 30.3 Å². The molecule has 5 heteroatoms. The third-order valence-corrected chi connectivity index (χ3v) is 2.37. The van der Waals surface area contributed by atoms with Gasteiger partial charge >= 0.3 is 5.97 Å². The molecule has 0 unspecified atom stereocenters. The Morgan fingerprint density at radius 1 is 1.29 bits per heavy atom. The smallest absolute Gasteiger partial charge is 0.332 e. The zero-order valence-corrected chi connectivity index (χ0v) is 9.24. The highest BCUT2D eigenvalue weighted by Gasteiger charge is 2.25. The topological polar surface area (TPSA) is 65.0 Å². The molecule has 0 aliphatic carbocycles. The predicted octanol–water partition coefficient (Wildman–Crippen LogP) is 0.636. The monoisotopic (exact) mass is 238 g/mol. The van der Waals surface area contributed by atoms with E-state index in [4.69, 9.17) is 19.3 Å². The Labute approximate surface area is 98.9 Å². The van der Waals surface area contributed by atoms with Crippen LogP contribution in [0.25, 0.3) is 0 Å². The lowest BCUT2D eigenvalue weighted by Gasteiger charge is -2.29. The molecule has 1 saturated heterocycles. The fourth-order valence-corrected chi connectivity index (χ4v) is 1.58. The summed E-state index contributed by atoms with van der Waals surface area (Å²) in [6, 6.07) is 9.54. The van der Waals surface area contributed by atoms with Gasteiger partial charge in [0, 0.05) is 5.56 Å². The number of carbonyl (C=O) groups excluding carboxylic acids is 1. The second-order valence-corrected chi connectivity index (χ2v) is 3.68. The van der Waals surface area contributed by atoms with E-state index in [1.165, 1.54) is 0 Å². The maximum atomic E-state index is 10.8. The lowest BCUT2D eigenvalue weighted by atomic mass is 10.2. The highest BCUT2D eigenvalue weighted by Crippen LogP contribution is 2.23. The minimum absolute atomic E-state index is 0.269. The molecule has 0 aromatic heterocycles. The Morgan fingerprint density at radius 2 is 1.94 bits per heavy atom. The number of benzene rings is 1. The van der Waals surface area contributed by atoms with Crippen molar-refractivity contribution in [3.8, 4) is 0 Å². The van der Waals surface area contributed by atoms with Crippen LogP contribution < -0.4 is 0 Å². The quantitative estimate of drug-likeness (QED) is 0.783. The van der Waals surface area contributed by atoms with E-state index >= 15 is 0 Å². The Morgan fingerprint density at radius 3 is 2.53 bits per heavy atom. The molecule has 0 saturated carbocycles. The van der Waals surface area contributed by atoms with Gasteiger partial charge in [-0.15, -0.1) is 0 Å². The van der Waals surface area contributed by atoms with Crippen LogP contribution in [-0.2, 0) is 19.0 Å². The molecule has 17 heavy (non-hydrogen) atoms. The van der Waals surface area contributed by atoms with Crippen LogP contribution in [0.5, 0.6) is 0 Å². The van der Waals surface area contributed by atoms with Gasteiger partial charge in [0.2, 0.25) is 0 Å². The molecule has 1 aliphatic heterocycles. The molecule has 1 heterocycles. The highest BCUT2D eigenvalue weighted by molar-refractivity contribution is 5.70. The van der Waals surface area contributed by atoms with Crippen LogP contribution in [0.3, 0.4) is 0 Å². The van der Waals surface area contributed by atoms with Crippen molar-refractivity contribution >= 4 is 5.97 Å². The average Bonchev–Trinajstić information content (AvgIpc) is 2.40. The summed E-state index contributed by atoms with van der Waals surface area (Å²) < 4.78 is 15.8. The Bertz CT molecular complexity index is 356. The van der Waals surface area contributed by atoms with Crippen molar-refractivity contribution in [3.63, 3.8) is 0 Å². The summed E-state index contributed by atoms with van der Waals surface area (Å²) in [5.41, 5.74) is 0.930. The summed E-state index contributed by atoms with van der Waals surface area (Å²) >= 11 is 0. The number of hydrogen-bond acceptors (Lipinski definition) is 5. The molecule has 5 nitrogen and oxygen atoms in total. The lowest BCUT2D eigenvalue weighted by Crippen LogP contribution is -2.35. The molecular weight excluding hydrogens is 224 g/mol. The molecular formula is C12H14O5. The first-order chi connectivity index (χ1) is 8.29. The summed E-state index contributed by atoms with van der Waals surface area (Å²) in [5.74, 6) is -0.666. The van der Waals surface area contributed by atoms with Crippen LogP contribution in [0.1, 0.15) is 11.9 Å². The van der Waals surface area contributed by atoms with E-state index in [0.29, 0.717) is 0 Å². The van der Waals surface area contributed by atoms with E-state index in [1.54, 1.807) is 0 Å². The minimum atomic E-state index is -0.666. The average molecular weight is 238 g/mol. The molecule has 0 amide bonds. The van der Waals surface area contributed by atoms with Gasteiger partial charge in [0.25, 0.3) is 0 Å². The first-order valence-electron chi connectivity index (χ1n) is 5.38. The van der Waals surface area contributed by atoms with Crippen molar-refractivity contribution in [1.82, 2.24) is 0 Å². The van der Waals surface area contributed by atoms with E-state index in [0.717, 1.165) is 5.56 Å². The number of aliphatic hydroxyl groups is 1. The largest absolute Gasteiger partial charge is 0.456 e. The van der Waals surface area contributed by atoms with Gasteiger partial charge in [0.1, 0.15) is 12.7 Å². The second kappa shape index (κ2) is 5.77. The summed E-state index contributed by atoms with van der Waals surface area (Å²) in [5, 5.41) is 8.54. The molecule has 0 radical (unpaired) electrons. The van der Waals surface area contributed by atoms with Gasteiger partial charge in [-0.05, 0) is 0 Å². The molecule has 1 aromatic carbocycles. The summed E-state index contributed by atoms with van der Waals surface area (Å²) in [6.07, 6.45) is -0.866. The molecule has 2 rings (SSSR count). The first kappa shape index (κ1) is 12.0. The van der Waals surface area contributed by atoms with Crippen molar-refractivity contribution in [2.24, 2.45) is 0 Å². The summed E-state index contributed by atoms with van der Waals surface area (Å²) in [7, 11) is 0. The second-order valence-electron chi connectivity index (χ2n) is 3.68. The number of hydrogen-bond donors (Lipinski definition) is 1. The molecule has 1 aliphatic rings. The fourth-order valence-electron chi connectivity index (χ4n) is 1.58. The van der Waals surface area contributed by atoms with Crippen LogP contribution in [-0.4, -0.2) is 37.0 Å². The van der Waals surface area contributed by atoms with Gasteiger partial charge in [0.15, 0.2) is 6.29 Å². The SMILES string of the molecule is O=C(CO)OC1COC(c2ccccc2)OC1. The van der Waals surface area contributed by atoms with E-state index in [1.807, 2.05) is 30.3 Å². The highest BCUT2D eigenvalue weighted by atomic mass is 16.7. The van der Waals surface area contributed by atoms with Gasteiger partial charge in [-0.1, -0.05) is 30.3 Å². The molecule has 0 atom stereocenters. The van der Waals surface area contributed by atoms with E-state index < -0.39 is 25.0 Å². The Hall–Kier alpha value is -1.43. The molecule has 92 valence electrons. The maximum absolute atomic E-state index is 10.8. The molecule has 0 spiro atoms. The lowest BCUT2D eigenvalue weighted by molar-refractivity contribution is -0.230. The number of carbonyl (C=O) groups is 1. The molecule has 1 aromatic rings. The van der Waals surface area contributed by atoms with Crippen molar-refractivity contribution < 1.29 is 24.1 Å². The van der Waals surface area contributed by atoms with Gasteiger partial charge < -0.3 is 19.3 Å². The third kappa shape index (κ3) is 3.26. The van der Waals surface area contributed by atoms with Crippen molar-refractivity contribution in [2.75, 3.05) is 19.8 Å². The maximum Gasteiger partial charge on any atom is 0.332 e. The van der Waals surface area contributed by atoms with Crippen LogP contribution in [0, 0.1) is 0 Å². The summed E-state index contributed by atoms with van der Waals surface area (Å²) in [6.45, 7) is -0.0881. The van der Waals surface area contributed by atoms with E-state index in [2.05, 4.69) is 0 Å². The number of ether oxygens (including phenoxy) is 3. The Kier molecular flexibility index (Phi) is 4.08. The van der Waals surface area contributed by atoms with Crippen molar-refractivity contribution in [1.29, 1.82) is 0 Å². The van der Waals surface area contributed by atoms with Gasteiger partial charge in [-0.2, -0.15) is 0 Å². The van der Waals surface area contributed by atoms with Gasteiger partial charge in [-0.3, -0.25) is 0 Å². The van der Waals surface area contributed by atoms with E-state index in [-0.39, 0.29) is 13.2 Å². The van der Waals surface area contributed by atoms with Crippen LogP contribution in [0.4, 0.5) is 0 Å². The molecule has 0 bridgehead atoms. The number of aliphatic hydroxyl groups excluding tert-OH is 1. The molecule has 1 N–H and O–H groups in total. The first-order valence-corrected chi connectivity index (χ1v) is 5.38. The van der Waals surface area contributed by atoms with E-state index in [9.17, 15) is 4.79 Å². The van der Waals surface area contributed by atoms with Gasteiger partial charge in [-0.25, -0.2) is 4.79 Å². The normalized spacial score (nSPS) is 24.3. The summed E-state index contributed by atoms with van der Waals surface area (Å²) in [4.78, 5) is 10.8. The minimum Gasteiger partial charge on any atom is -0.456 e. The Balaban J connectivity index is 1.84. The zero-order chi connectivity index (χ0) is 12.1. The van der Waals surface area contributed by atoms with Crippen LogP contribution in [0.2, 0.25) is 0 Å².